The van der Waals surface area contributed by atoms with Crippen molar-refractivity contribution in [1.82, 2.24) is 4.98 Å². The summed E-state index contributed by atoms with van der Waals surface area (Å²) < 4.78 is 6.01. The quantitative estimate of drug-likeness (QED) is 0.257. The smallest absolute Gasteiger partial charge is 0.223 e. The number of allylic oxidation sites excluding steroid dienone is 1. The predicted molar refractivity (Wildman–Crippen MR) is 122 cm³/mol. The highest BCUT2D eigenvalue weighted by molar-refractivity contribution is 6.25. The second-order valence-electron chi connectivity index (χ2n) is 6.98. The third-order valence-electron chi connectivity index (χ3n) is 5.28. The highest BCUT2D eigenvalue weighted by atomic mass is 35.5. The first-order valence-electron chi connectivity index (χ1n) is 9.34. The van der Waals surface area contributed by atoms with Crippen molar-refractivity contribution in [2.24, 2.45) is 0 Å². The molecule has 0 amide bonds. The molecule has 5 rings (SSSR count). The van der Waals surface area contributed by atoms with E-state index < -0.39 is 0 Å². The van der Waals surface area contributed by atoms with Crippen LogP contribution in [0.5, 0.6) is 0 Å². The van der Waals surface area contributed by atoms with Gasteiger partial charge in [-0.25, -0.2) is 4.98 Å². The molecule has 3 aromatic carbocycles. The number of anilines is 2. The summed E-state index contributed by atoms with van der Waals surface area (Å²) in [6, 6.07) is 26.5. The number of para-hydroxylation sites is 4. The monoisotopic (exact) mass is 422 g/mol. The zero-order chi connectivity index (χ0) is 19.1. The highest BCUT2D eigenvalue weighted by Crippen LogP contribution is 2.42. The number of alkyl halides is 1. The van der Waals surface area contributed by atoms with Crippen LogP contribution in [-0.2, 0) is 6.42 Å². The summed E-state index contributed by atoms with van der Waals surface area (Å²) in [6.45, 7) is 2.05. The normalized spacial score (nSPS) is 17.6. The average Bonchev–Trinajstić information content (AvgIpc) is 3.18. The second kappa shape index (κ2) is 7.94. The Labute approximate surface area is 181 Å². The fourth-order valence-electron chi connectivity index (χ4n) is 3.80. The van der Waals surface area contributed by atoms with Crippen molar-refractivity contribution in [3.8, 4) is 0 Å². The number of hydrogen-bond acceptors (Lipinski definition) is 3. The van der Waals surface area contributed by atoms with E-state index in [9.17, 15) is 0 Å². The maximum absolute atomic E-state index is 7.05. The van der Waals surface area contributed by atoms with Gasteiger partial charge in [0.1, 0.15) is 11.0 Å². The standard InChI is InChI=1S/C24H19ClN2O.ClH/c1-16(24-26-20-12-6-8-14-22(20)28-24)19-15-17-9-5-7-13-21(17)27(23(19)25)18-10-3-2-4-11-18;/h2-14,23H,15H2,1H3;1H. The van der Waals surface area contributed by atoms with Crippen LogP contribution in [0.15, 0.2) is 88.9 Å². The number of nitrogens with zero attached hydrogens (tertiary/aromatic N) is 2. The highest BCUT2D eigenvalue weighted by Gasteiger charge is 2.31. The Bertz CT molecular complexity index is 1150. The van der Waals surface area contributed by atoms with Gasteiger partial charge in [0.2, 0.25) is 5.89 Å². The Hall–Kier alpha value is -2.75. The molecule has 0 spiro atoms. The topological polar surface area (TPSA) is 29.3 Å². The van der Waals surface area contributed by atoms with E-state index in [1.54, 1.807) is 0 Å². The average molecular weight is 423 g/mol. The van der Waals surface area contributed by atoms with Crippen LogP contribution >= 0.6 is 24.0 Å². The van der Waals surface area contributed by atoms with Crippen LogP contribution in [-0.4, -0.2) is 10.5 Å². The minimum absolute atomic E-state index is 0. The largest absolute Gasteiger partial charge is 0.436 e. The number of benzene rings is 3. The SMILES string of the molecule is CC(=C1Cc2ccccc2N(c2ccccc2)C1Cl)c1nc2ccccc2o1.Cl. The van der Waals surface area contributed by atoms with E-state index in [-0.39, 0.29) is 17.9 Å². The molecular formula is C24H20Cl2N2O. The van der Waals surface area contributed by atoms with E-state index in [1.165, 1.54) is 5.56 Å². The third-order valence-corrected chi connectivity index (χ3v) is 5.74. The van der Waals surface area contributed by atoms with Crippen LogP contribution in [0.25, 0.3) is 16.7 Å². The van der Waals surface area contributed by atoms with E-state index in [0.717, 1.165) is 40.0 Å². The van der Waals surface area contributed by atoms with Crippen molar-refractivity contribution in [3.05, 3.63) is 95.9 Å². The van der Waals surface area contributed by atoms with Gasteiger partial charge in [0.15, 0.2) is 5.58 Å². The van der Waals surface area contributed by atoms with Crippen LogP contribution in [0.1, 0.15) is 18.4 Å². The van der Waals surface area contributed by atoms with Crippen molar-refractivity contribution >= 4 is 52.1 Å². The van der Waals surface area contributed by atoms with Crippen molar-refractivity contribution < 1.29 is 4.42 Å². The van der Waals surface area contributed by atoms with Crippen LogP contribution in [0.2, 0.25) is 0 Å². The Balaban J connectivity index is 0.00000205. The lowest BCUT2D eigenvalue weighted by Crippen LogP contribution is -2.34. The minimum atomic E-state index is -0.313. The molecule has 1 aromatic heterocycles. The molecule has 0 fully saturated rings. The number of halogens is 2. The second-order valence-corrected chi connectivity index (χ2v) is 7.40. The molecule has 0 N–H and O–H groups in total. The maximum atomic E-state index is 7.05. The van der Waals surface area contributed by atoms with Crippen molar-refractivity contribution in [1.29, 1.82) is 0 Å². The lowest BCUT2D eigenvalue weighted by Gasteiger charge is -2.38. The molecular weight excluding hydrogens is 403 g/mol. The van der Waals surface area contributed by atoms with Crippen LogP contribution in [0.3, 0.4) is 0 Å². The molecule has 0 saturated heterocycles. The molecule has 2 heterocycles. The summed E-state index contributed by atoms with van der Waals surface area (Å²) in [6.07, 6.45) is 0.776. The van der Waals surface area contributed by atoms with Gasteiger partial charge in [0.05, 0.1) is 0 Å². The zero-order valence-electron chi connectivity index (χ0n) is 15.9. The number of fused-ring (bicyclic) bond motifs is 2. The van der Waals surface area contributed by atoms with Crippen molar-refractivity contribution in [3.63, 3.8) is 0 Å². The lowest BCUT2D eigenvalue weighted by atomic mass is 9.93. The Morgan fingerprint density at radius 3 is 2.45 bits per heavy atom. The Morgan fingerprint density at radius 2 is 1.66 bits per heavy atom. The molecule has 1 aliphatic heterocycles. The molecule has 146 valence electrons. The van der Waals surface area contributed by atoms with Gasteiger partial charge in [0.25, 0.3) is 0 Å². The number of aromatic nitrogens is 1. The Morgan fingerprint density at radius 1 is 0.966 bits per heavy atom. The molecule has 29 heavy (non-hydrogen) atoms. The third kappa shape index (κ3) is 3.41. The van der Waals surface area contributed by atoms with Crippen molar-refractivity contribution in [2.45, 2.75) is 18.8 Å². The summed E-state index contributed by atoms with van der Waals surface area (Å²) in [4.78, 5) is 6.86. The van der Waals surface area contributed by atoms with E-state index in [2.05, 4.69) is 46.3 Å². The molecule has 5 heteroatoms. The summed E-state index contributed by atoms with van der Waals surface area (Å²) in [5, 5.41) is 0. The van der Waals surface area contributed by atoms with Gasteiger partial charge in [0, 0.05) is 16.9 Å². The first kappa shape index (κ1) is 19.6. The lowest BCUT2D eigenvalue weighted by molar-refractivity contribution is 0.582. The molecule has 0 bridgehead atoms. The van der Waals surface area contributed by atoms with Gasteiger partial charge in [-0.2, -0.15) is 0 Å². The minimum Gasteiger partial charge on any atom is -0.436 e. The van der Waals surface area contributed by atoms with Gasteiger partial charge in [-0.15, -0.1) is 12.4 Å². The fraction of sp³-hybridized carbons (Fsp3) is 0.125. The van der Waals surface area contributed by atoms with Crippen LogP contribution in [0.4, 0.5) is 11.4 Å². The van der Waals surface area contributed by atoms with E-state index >= 15 is 0 Å². The summed E-state index contributed by atoms with van der Waals surface area (Å²) in [5.41, 5.74) is 6.89. The molecule has 1 aliphatic rings. The first-order valence-corrected chi connectivity index (χ1v) is 9.78. The van der Waals surface area contributed by atoms with Gasteiger partial charge in [-0.05, 0) is 54.8 Å². The molecule has 4 aromatic rings. The van der Waals surface area contributed by atoms with Gasteiger partial charge in [-0.1, -0.05) is 60.1 Å². The van der Waals surface area contributed by atoms with Crippen LogP contribution in [0, 0.1) is 0 Å². The number of oxazole rings is 1. The van der Waals surface area contributed by atoms with Gasteiger partial charge in [-0.3, -0.25) is 0 Å². The zero-order valence-corrected chi connectivity index (χ0v) is 17.5. The molecule has 3 nitrogen and oxygen atoms in total. The molecule has 1 atom stereocenters. The molecule has 1 unspecified atom stereocenters. The predicted octanol–water partition coefficient (Wildman–Crippen LogP) is 6.98. The van der Waals surface area contributed by atoms with E-state index in [1.807, 2.05) is 49.4 Å². The summed E-state index contributed by atoms with van der Waals surface area (Å²) in [5.74, 6) is 0.634. The summed E-state index contributed by atoms with van der Waals surface area (Å²) >= 11 is 7.05. The maximum Gasteiger partial charge on any atom is 0.223 e. The molecule has 0 aliphatic carbocycles. The van der Waals surface area contributed by atoms with E-state index in [0.29, 0.717) is 5.89 Å². The number of rotatable bonds is 2. The van der Waals surface area contributed by atoms with Gasteiger partial charge < -0.3 is 9.32 Å². The first-order chi connectivity index (χ1) is 13.7. The van der Waals surface area contributed by atoms with Gasteiger partial charge >= 0.3 is 0 Å². The van der Waals surface area contributed by atoms with Crippen LogP contribution < -0.4 is 4.90 Å². The number of hydrogen-bond donors (Lipinski definition) is 0. The Kier molecular flexibility index (Phi) is 5.35. The summed E-state index contributed by atoms with van der Waals surface area (Å²) in [7, 11) is 0. The molecule has 0 radical (unpaired) electrons. The van der Waals surface area contributed by atoms with Crippen molar-refractivity contribution in [2.75, 3.05) is 4.90 Å². The fourth-order valence-corrected chi connectivity index (χ4v) is 4.26. The molecule has 0 saturated carbocycles. The van der Waals surface area contributed by atoms with E-state index in [4.69, 9.17) is 16.0 Å².